The van der Waals surface area contributed by atoms with Gasteiger partial charge in [0.15, 0.2) is 5.96 Å². The van der Waals surface area contributed by atoms with Crippen LogP contribution in [0.1, 0.15) is 38.7 Å². The number of nitrogens with two attached hydrogens (primary N) is 1. The maximum Gasteiger partial charge on any atom is 0.193 e. The van der Waals surface area contributed by atoms with Crippen molar-refractivity contribution in [2.45, 2.75) is 40.0 Å². The van der Waals surface area contributed by atoms with Crippen molar-refractivity contribution < 1.29 is 0 Å². The first-order chi connectivity index (χ1) is 8.58. The molecule has 1 aromatic carbocycles. The molecule has 0 amide bonds. The fraction of sp³-hybridized carbons (Fsp3) is 0.533. The van der Waals surface area contributed by atoms with Crippen LogP contribution in [0.4, 0.5) is 5.69 Å². The van der Waals surface area contributed by atoms with Crippen LogP contribution in [-0.4, -0.2) is 12.5 Å². The van der Waals surface area contributed by atoms with Crippen molar-refractivity contribution in [1.82, 2.24) is 0 Å². The second kappa shape index (κ2) is 10.1. The van der Waals surface area contributed by atoms with E-state index >= 15 is 0 Å². The van der Waals surface area contributed by atoms with Crippen molar-refractivity contribution in [3.05, 3.63) is 29.8 Å². The number of guanidine groups is 1. The van der Waals surface area contributed by atoms with Crippen molar-refractivity contribution in [1.29, 1.82) is 0 Å². The summed E-state index contributed by atoms with van der Waals surface area (Å²) < 4.78 is 0. The molecule has 0 saturated carbocycles. The number of rotatable bonds is 6. The van der Waals surface area contributed by atoms with Crippen LogP contribution in [-0.2, 0) is 0 Å². The Kier molecular flexibility index (Phi) is 9.65. The van der Waals surface area contributed by atoms with Crippen LogP contribution in [0.25, 0.3) is 0 Å². The van der Waals surface area contributed by atoms with Gasteiger partial charge in [0.1, 0.15) is 0 Å². The fourth-order valence-corrected chi connectivity index (χ4v) is 1.77. The molecule has 0 aliphatic rings. The van der Waals surface area contributed by atoms with Crippen molar-refractivity contribution >= 4 is 35.6 Å². The van der Waals surface area contributed by atoms with Gasteiger partial charge in [-0.25, -0.2) is 0 Å². The molecule has 1 aromatic rings. The van der Waals surface area contributed by atoms with E-state index in [0.717, 1.165) is 24.6 Å². The van der Waals surface area contributed by atoms with E-state index in [2.05, 4.69) is 43.2 Å². The molecule has 0 atom stereocenters. The predicted molar refractivity (Wildman–Crippen MR) is 95.4 cm³/mol. The smallest absolute Gasteiger partial charge is 0.193 e. The third-order valence-corrected chi connectivity index (χ3v) is 2.76. The van der Waals surface area contributed by atoms with Crippen LogP contribution in [0.2, 0.25) is 0 Å². The van der Waals surface area contributed by atoms with E-state index in [0.29, 0.717) is 5.96 Å². The zero-order valence-electron chi connectivity index (χ0n) is 12.1. The molecule has 3 nitrogen and oxygen atoms in total. The molecular weight excluding hydrogens is 349 g/mol. The zero-order chi connectivity index (χ0) is 13.4. The maximum atomic E-state index is 5.84. The molecule has 0 aliphatic carbocycles. The molecule has 19 heavy (non-hydrogen) atoms. The first-order valence-corrected chi connectivity index (χ1v) is 6.71. The lowest BCUT2D eigenvalue weighted by molar-refractivity contribution is 0.542. The minimum absolute atomic E-state index is 0. The average Bonchev–Trinajstić information content (AvgIpc) is 2.28. The summed E-state index contributed by atoms with van der Waals surface area (Å²) in [6.45, 7) is 7.36. The number of nitrogens with one attached hydrogen (secondary N) is 1. The highest BCUT2D eigenvalue weighted by molar-refractivity contribution is 14.0. The van der Waals surface area contributed by atoms with Gasteiger partial charge in [0.2, 0.25) is 0 Å². The highest BCUT2D eigenvalue weighted by Crippen LogP contribution is 2.09. The third kappa shape index (κ3) is 8.86. The van der Waals surface area contributed by atoms with Crippen LogP contribution in [0.5, 0.6) is 0 Å². The van der Waals surface area contributed by atoms with Crippen LogP contribution < -0.4 is 11.1 Å². The van der Waals surface area contributed by atoms with Gasteiger partial charge in [0.05, 0.1) is 0 Å². The molecule has 3 N–H and O–H groups in total. The number of benzene rings is 1. The first kappa shape index (κ1) is 18.2. The summed E-state index contributed by atoms with van der Waals surface area (Å²) in [4.78, 5) is 4.33. The fourth-order valence-electron chi connectivity index (χ4n) is 1.77. The molecule has 1 rings (SSSR count). The van der Waals surface area contributed by atoms with Gasteiger partial charge in [0.25, 0.3) is 0 Å². The lowest BCUT2D eigenvalue weighted by Crippen LogP contribution is -2.22. The Labute approximate surface area is 134 Å². The number of aliphatic imine (C=N–C) groups is 1. The van der Waals surface area contributed by atoms with E-state index in [9.17, 15) is 0 Å². The molecule has 0 heterocycles. The first-order valence-electron chi connectivity index (χ1n) is 6.71. The Bertz CT molecular complexity index is 389. The quantitative estimate of drug-likeness (QED) is 0.339. The molecule has 0 spiro atoms. The summed E-state index contributed by atoms with van der Waals surface area (Å²) in [7, 11) is 0. The summed E-state index contributed by atoms with van der Waals surface area (Å²) in [5.41, 5.74) is 8.05. The summed E-state index contributed by atoms with van der Waals surface area (Å²) in [5, 5.41) is 3.11. The SMILES string of the molecule is Cc1cccc(NC(N)=NCCCCC(C)C)c1.I. The topological polar surface area (TPSA) is 50.4 Å². The molecule has 0 bridgehead atoms. The highest BCUT2D eigenvalue weighted by atomic mass is 127. The average molecular weight is 375 g/mol. The maximum absolute atomic E-state index is 5.84. The standard InChI is InChI=1S/C15H25N3.HI/c1-12(2)7-4-5-10-17-15(16)18-14-9-6-8-13(3)11-14;/h6,8-9,11-12H,4-5,7,10H2,1-3H3,(H3,16,17,18);1H. The van der Waals surface area contributed by atoms with Crippen molar-refractivity contribution in [2.75, 3.05) is 11.9 Å². The summed E-state index contributed by atoms with van der Waals surface area (Å²) in [6.07, 6.45) is 3.59. The van der Waals surface area contributed by atoms with Gasteiger partial charge < -0.3 is 11.1 Å². The number of nitrogens with zero attached hydrogens (tertiary/aromatic N) is 1. The largest absolute Gasteiger partial charge is 0.370 e. The van der Waals surface area contributed by atoms with E-state index in [4.69, 9.17) is 5.73 Å². The molecule has 0 aromatic heterocycles. The number of halogens is 1. The lowest BCUT2D eigenvalue weighted by Gasteiger charge is -2.06. The minimum atomic E-state index is 0. The number of unbranched alkanes of at least 4 members (excludes halogenated alkanes) is 1. The van der Waals surface area contributed by atoms with Gasteiger partial charge in [-0.05, 0) is 37.0 Å². The van der Waals surface area contributed by atoms with Crippen LogP contribution in [0.15, 0.2) is 29.3 Å². The van der Waals surface area contributed by atoms with Gasteiger partial charge in [-0.15, -0.1) is 24.0 Å². The van der Waals surface area contributed by atoms with E-state index in [1.54, 1.807) is 0 Å². The lowest BCUT2D eigenvalue weighted by atomic mass is 10.1. The molecule has 0 fully saturated rings. The van der Waals surface area contributed by atoms with E-state index in [-0.39, 0.29) is 24.0 Å². The van der Waals surface area contributed by atoms with Crippen molar-refractivity contribution in [2.24, 2.45) is 16.6 Å². The van der Waals surface area contributed by atoms with Gasteiger partial charge in [-0.3, -0.25) is 4.99 Å². The number of hydrogen-bond acceptors (Lipinski definition) is 1. The minimum Gasteiger partial charge on any atom is -0.370 e. The van der Waals surface area contributed by atoms with Crippen LogP contribution >= 0.6 is 24.0 Å². The summed E-state index contributed by atoms with van der Waals surface area (Å²) in [6, 6.07) is 8.12. The van der Waals surface area contributed by atoms with Crippen molar-refractivity contribution in [3.63, 3.8) is 0 Å². The number of aryl methyl sites for hydroxylation is 1. The number of hydrogen-bond donors (Lipinski definition) is 2. The molecule has 0 saturated heterocycles. The molecule has 0 radical (unpaired) electrons. The molecule has 108 valence electrons. The van der Waals surface area contributed by atoms with E-state index in [1.165, 1.54) is 18.4 Å². The normalized spacial score (nSPS) is 11.3. The van der Waals surface area contributed by atoms with Crippen LogP contribution in [0.3, 0.4) is 0 Å². The molecule has 0 unspecified atom stereocenters. The van der Waals surface area contributed by atoms with E-state index < -0.39 is 0 Å². The van der Waals surface area contributed by atoms with Gasteiger partial charge >= 0.3 is 0 Å². The predicted octanol–water partition coefficient (Wildman–Crippen LogP) is 4.17. The van der Waals surface area contributed by atoms with E-state index in [1.807, 2.05) is 12.1 Å². The molecule has 4 heteroatoms. The molecule has 0 aliphatic heterocycles. The monoisotopic (exact) mass is 375 g/mol. The second-order valence-corrected chi connectivity index (χ2v) is 5.15. The Balaban J connectivity index is 0.00000324. The highest BCUT2D eigenvalue weighted by Gasteiger charge is 1.96. The zero-order valence-corrected chi connectivity index (χ0v) is 14.5. The van der Waals surface area contributed by atoms with Crippen molar-refractivity contribution in [3.8, 4) is 0 Å². The van der Waals surface area contributed by atoms with Gasteiger partial charge in [0, 0.05) is 12.2 Å². The van der Waals surface area contributed by atoms with Gasteiger partial charge in [-0.1, -0.05) is 38.8 Å². The number of anilines is 1. The van der Waals surface area contributed by atoms with Gasteiger partial charge in [-0.2, -0.15) is 0 Å². The summed E-state index contributed by atoms with van der Waals surface area (Å²) >= 11 is 0. The third-order valence-electron chi connectivity index (χ3n) is 2.76. The Morgan fingerprint density at radius 1 is 1.32 bits per heavy atom. The Hall–Kier alpha value is -0.780. The Morgan fingerprint density at radius 3 is 2.68 bits per heavy atom. The summed E-state index contributed by atoms with van der Waals surface area (Å²) in [5.74, 6) is 1.28. The van der Waals surface area contributed by atoms with Crippen LogP contribution in [0, 0.1) is 12.8 Å². The molecular formula is C15H26IN3. The Morgan fingerprint density at radius 2 is 2.05 bits per heavy atom. The second-order valence-electron chi connectivity index (χ2n) is 5.15.